The average Bonchev–Trinajstić information content (AvgIpc) is 3.94. The molecule has 0 radical (unpaired) electrons. The smallest absolute Gasteiger partial charge is 0.337 e. The Balaban J connectivity index is 1.45. The third-order valence-corrected chi connectivity index (χ3v) is 10.8. The maximum atomic E-state index is 14.4. The van der Waals surface area contributed by atoms with Crippen LogP contribution in [0.5, 0.6) is 0 Å². The molecule has 0 bridgehead atoms. The zero-order chi connectivity index (χ0) is 40.3. The van der Waals surface area contributed by atoms with Crippen molar-refractivity contribution >= 4 is 35.7 Å². The van der Waals surface area contributed by atoms with Crippen LogP contribution in [0.1, 0.15) is 90.6 Å². The van der Waals surface area contributed by atoms with E-state index in [1.54, 1.807) is 65.8 Å². The van der Waals surface area contributed by atoms with Gasteiger partial charge in [-0.1, -0.05) is 67.5 Å². The first-order valence-electron chi connectivity index (χ1n) is 18.6. The summed E-state index contributed by atoms with van der Waals surface area (Å²) >= 11 is 0. The average molecular weight is 762 g/mol. The minimum absolute atomic E-state index is 0.0638. The summed E-state index contributed by atoms with van der Waals surface area (Å²) in [6.07, 6.45) is -1.54. The predicted octanol–water partition coefficient (Wildman–Crippen LogP) is 3.84. The number of alkyl halides is 2. The van der Waals surface area contributed by atoms with Gasteiger partial charge >= 0.3 is 18.0 Å². The molecule has 2 saturated carbocycles. The van der Waals surface area contributed by atoms with Gasteiger partial charge in [0.1, 0.15) is 24.2 Å². The molecule has 0 spiro atoms. The van der Waals surface area contributed by atoms with Gasteiger partial charge in [0.05, 0.1) is 19.3 Å². The van der Waals surface area contributed by atoms with Crippen LogP contribution >= 0.6 is 0 Å². The number of nitrogens with one attached hydrogen (secondary N) is 4. The Labute approximate surface area is 316 Å². The van der Waals surface area contributed by atoms with Gasteiger partial charge in [-0.25, -0.2) is 23.2 Å². The van der Waals surface area contributed by atoms with Crippen LogP contribution in [-0.4, -0.2) is 98.0 Å². The topological polar surface area (TPSA) is 172 Å². The first-order chi connectivity index (χ1) is 25.1. The third-order valence-electron chi connectivity index (χ3n) is 10.8. The van der Waals surface area contributed by atoms with Gasteiger partial charge in [0.25, 0.3) is 0 Å². The molecular weight excluding hydrogens is 704 g/mol. The Morgan fingerprint density at radius 3 is 2.04 bits per heavy atom. The normalized spacial score (nSPS) is 21.9. The van der Waals surface area contributed by atoms with E-state index in [4.69, 9.17) is 9.47 Å². The number of amides is 5. The fraction of sp³-hybridized carbons (Fsp3) is 0.692. The molecule has 0 aromatic heterocycles. The second kappa shape index (κ2) is 16.6. The lowest BCUT2D eigenvalue weighted by molar-refractivity contribution is -0.149. The number of methoxy groups -OCH3 is 1. The van der Waals surface area contributed by atoms with Gasteiger partial charge in [0, 0.05) is 19.5 Å². The van der Waals surface area contributed by atoms with E-state index in [9.17, 15) is 37.5 Å². The van der Waals surface area contributed by atoms with E-state index in [1.807, 2.05) is 13.8 Å². The Hall–Kier alpha value is -4.30. The SMILES string of the molecule is COC(=O)c1ccc(CCNC(=O)[C@H](CC(F)F)NC(=O)[C@@H]2C3C(CN2C(=O)[C@@H](NC(=O)N[C@H](C(=O)OCC2CC2)C(C)(C)C)C(C)(C)C)C3(C)C)cc1. The molecule has 4 N–H and O–H groups in total. The summed E-state index contributed by atoms with van der Waals surface area (Å²) < 4.78 is 37.7. The first-order valence-corrected chi connectivity index (χ1v) is 18.6. The molecule has 3 fully saturated rings. The molecule has 15 heteroatoms. The summed E-state index contributed by atoms with van der Waals surface area (Å²) in [4.78, 5) is 81.1. The van der Waals surface area contributed by atoms with Crippen LogP contribution in [0.3, 0.4) is 0 Å². The fourth-order valence-corrected chi connectivity index (χ4v) is 7.17. The molecule has 1 aromatic carbocycles. The number of urea groups is 1. The summed E-state index contributed by atoms with van der Waals surface area (Å²) in [6, 6.07) is 0.970. The number of carbonyl (C=O) groups is 6. The zero-order valence-corrected chi connectivity index (χ0v) is 32.8. The van der Waals surface area contributed by atoms with Gasteiger partial charge in [-0.2, -0.15) is 0 Å². The van der Waals surface area contributed by atoms with E-state index in [2.05, 4.69) is 21.3 Å². The van der Waals surface area contributed by atoms with Gasteiger partial charge in [0.2, 0.25) is 24.1 Å². The lowest BCUT2D eigenvalue weighted by Crippen LogP contribution is -2.62. The van der Waals surface area contributed by atoms with Crippen LogP contribution in [0.4, 0.5) is 13.6 Å². The molecule has 300 valence electrons. The number of rotatable bonds is 15. The van der Waals surface area contributed by atoms with Crippen LogP contribution in [-0.2, 0) is 35.1 Å². The van der Waals surface area contributed by atoms with Gasteiger partial charge in [-0.3, -0.25) is 14.4 Å². The largest absolute Gasteiger partial charge is 0.465 e. The molecule has 1 aromatic rings. The van der Waals surface area contributed by atoms with Crippen molar-refractivity contribution in [1.82, 2.24) is 26.2 Å². The number of hydrogen-bond acceptors (Lipinski definition) is 8. The summed E-state index contributed by atoms with van der Waals surface area (Å²) in [5.74, 6) is -3.17. The van der Waals surface area contributed by atoms with Crippen LogP contribution < -0.4 is 21.3 Å². The van der Waals surface area contributed by atoms with Crippen LogP contribution in [0.15, 0.2) is 24.3 Å². The van der Waals surface area contributed by atoms with E-state index in [1.165, 1.54) is 12.0 Å². The van der Waals surface area contributed by atoms with Gasteiger partial charge in [-0.05, 0) is 71.0 Å². The molecule has 3 aliphatic rings. The molecule has 1 aliphatic heterocycles. The Bertz CT molecular complexity index is 1570. The van der Waals surface area contributed by atoms with Crippen molar-refractivity contribution in [2.75, 3.05) is 26.8 Å². The number of likely N-dealkylation sites (tertiary alicyclic amines) is 1. The van der Waals surface area contributed by atoms with Crippen molar-refractivity contribution < 1.29 is 47.0 Å². The van der Waals surface area contributed by atoms with Gasteiger partial charge in [0.15, 0.2) is 0 Å². The highest BCUT2D eigenvalue weighted by molar-refractivity contribution is 5.96. The number of carbonyl (C=O) groups excluding carboxylic acids is 6. The highest BCUT2D eigenvalue weighted by Gasteiger charge is 2.70. The summed E-state index contributed by atoms with van der Waals surface area (Å²) in [7, 11) is 1.27. The van der Waals surface area contributed by atoms with E-state index in [0.717, 1.165) is 18.4 Å². The molecular formula is C39H57F2N5O8. The Morgan fingerprint density at radius 1 is 0.907 bits per heavy atom. The van der Waals surface area contributed by atoms with Crippen molar-refractivity contribution in [3.05, 3.63) is 35.4 Å². The van der Waals surface area contributed by atoms with E-state index in [0.29, 0.717) is 17.9 Å². The quantitative estimate of drug-likeness (QED) is 0.195. The third kappa shape index (κ3) is 10.5. The molecule has 1 heterocycles. The molecule has 6 atom stereocenters. The number of fused-ring (bicyclic) bond motifs is 1. The van der Waals surface area contributed by atoms with Crippen molar-refractivity contribution in [2.24, 2.45) is 34.0 Å². The number of hydrogen-bond donors (Lipinski definition) is 4. The van der Waals surface area contributed by atoms with E-state index < -0.39 is 83.5 Å². The highest BCUT2D eigenvalue weighted by atomic mass is 19.3. The number of nitrogens with zero attached hydrogens (tertiary/aromatic N) is 1. The Kier molecular flexibility index (Phi) is 13.0. The molecule has 2 aliphatic carbocycles. The van der Waals surface area contributed by atoms with Crippen LogP contribution in [0.2, 0.25) is 0 Å². The number of piperidine rings is 1. The first kappa shape index (κ1) is 42.4. The predicted molar refractivity (Wildman–Crippen MR) is 195 cm³/mol. The maximum absolute atomic E-state index is 14.4. The molecule has 13 nitrogen and oxygen atoms in total. The van der Waals surface area contributed by atoms with Crippen molar-refractivity contribution in [3.8, 4) is 0 Å². The van der Waals surface area contributed by atoms with Crippen molar-refractivity contribution in [1.29, 1.82) is 0 Å². The molecule has 2 unspecified atom stereocenters. The minimum atomic E-state index is -2.91. The molecule has 1 saturated heterocycles. The zero-order valence-electron chi connectivity index (χ0n) is 32.8. The lowest BCUT2D eigenvalue weighted by Gasteiger charge is -2.38. The number of halogens is 2. The van der Waals surface area contributed by atoms with Crippen LogP contribution in [0, 0.1) is 34.0 Å². The summed E-state index contributed by atoms with van der Waals surface area (Å²) in [6.45, 7) is 15.1. The van der Waals surface area contributed by atoms with E-state index >= 15 is 0 Å². The van der Waals surface area contributed by atoms with Gasteiger partial charge in [-0.15, -0.1) is 0 Å². The number of esters is 2. The maximum Gasteiger partial charge on any atom is 0.337 e. The second-order valence-corrected chi connectivity index (χ2v) is 17.6. The fourth-order valence-electron chi connectivity index (χ4n) is 7.17. The molecule has 5 amide bonds. The molecule has 4 rings (SSSR count). The van der Waals surface area contributed by atoms with Crippen molar-refractivity contribution in [3.63, 3.8) is 0 Å². The van der Waals surface area contributed by atoms with E-state index in [-0.39, 0.29) is 36.9 Å². The standard InChI is InChI=1S/C39H57F2N5O8/c1-37(2,3)29(44-36(52)45-30(38(4,5)6)35(51)54-20-22-10-11-22)33(49)46-19-24-27(39(24,7)8)28(46)32(48)43-25(18-26(40)41)31(47)42-17-16-21-12-14-23(15-13-21)34(50)53-9/h12-15,22,24-30H,10-11,16-20H2,1-9H3,(H,42,47)(H,43,48)(H2,44,45,52)/t24?,25-,27?,28-,29+,30+/m0/s1. The minimum Gasteiger partial charge on any atom is -0.465 e. The highest BCUT2D eigenvalue weighted by Crippen LogP contribution is 2.65. The summed E-state index contributed by atoms with van der Waals surface area (Å²) in [5, 5.41) is 10.6. The molecule has 54 heavy (non-hydrogen) atoms. The monoisotopic (exact) mass is 761 g/mol. The van der Waals surface area contributed by atoms with Gasteiger partial charge < -0.3 is 35.6 Å². The number of ether oxygens (including phenoxy) is 2. The lowest BCUT2D eigenvalue weighted by atomic mass is 9.85. The Morgan fingerprint density at radius 2 is 1.50 bits per heavy atom. The van der Waals surface area contributed by atoms with Crippen LogP contribution in [0.25, 0.3) is 0 Å². The number of benzene rings is 1. The second-order valence-electron chi connectivity index (χ2n) is 17.6. The van der Waals surface area contributed by atoms with Crippen molar-refractivity contribution in [2.45, 2.75) is 112 Å². The summed E-state index contributed by atoms with van der Waals surface area (Å²) in [5.41, 5.74) is -0.751.